The predicted octanol–water partition coefficient (Wildman–Crippen LogP) is -0.675. The fourth-order valence-corrected chi connectivity index (χ4v) is 3.03. The maximum Gasteiger partial charge on any atom is 1.00 e. The molecule has 2 saturated carbocycles. The average Bonchev–Trinajstić information content (AvgIpc) is 2.64. The van der Waals surface area contributed by atoms with E-state index in [1.165, 1.54) is 0 Å². The molecule has 2 aliphatic carbocycles. The van der Waals surface area contributed by atoms with Crippen molar-refractivity contribution in [3.63, 3.8) is 0 Å². The van der Waals surface area contributed by atoms with Crippen LogP contribution < -0.4 is 51.4 Å². The molecule has 0 spiro atoms. The Morgan fingerprint density at radius 2 is 1.93 bits per heavy atom. The number of methoxy groups -OCH3 is 1. The summed E-state index contributed by atoms with van der Waals surface area (Å²) in [4.78, 5) is 11.3. The van der Waals surface area contributed by atoms with Crippen LogP contribution in [0.2, 0.25) is 5.31 Å². The third kappa shape index (κ3) is 1.66. The third-order valence-electron chi connectivity index (χ3n) is 3.87. The summed E-state index contributed by atoms with van der Waals surface area (Å²) in [6.45, 7) is -4.92. The zero-order valence-corrected chi connectivity index (χ0v) is 12.0. The Morgan fingerprint density at radius 3 is 2.33 bits per heavy atom. The van der Waals surface area contributed by atoms with Gasteiger partial charge in [-0.05, 0) is 11.7 Å². The molecule has 0 bridgehead atoms. The van der Waals surface area contributed by atoms with Crippen molar-refractivity contribution in [3.8, 4) is 0 Å². The molecule has 0 radical (unpaired) electrons. The van der Waals surface area contributed by atoms with Crippen molar-refractivity contribution in [2.45, 2.75) is 31.0 Å². The summed E-state index contributed by atoms with van der Waals surface area (Å²) in [6, 6.07) is 0. The SMILES string of the molecule is COC(=O)[C@@]12CCC[C@]1([B-](F)(F)F)C2.[K+]. The number of fused-ring (bicyclic) bond motifs is 1. The second kappa shape index (κ2) is 4.01. The quantitative estimate of drug-likeness (QED) is 0.477. The molecule has 0 aromatic heterocycles. The monoisotopic (exact) mass is 246 g/mol. The number of carbonyl (C=O) groups is 1. The van der Waals surface area contributed by atoms with Crippen LogP contribution in [0.25, 0.3) is 0 Å². The molecule has 80 valence electrons. The molecular weight excluding hydrogens is 235 g/mol. The first kappa shape index (κ1) is 14.0. The molecule has 0 saturated heterocycles. The van der Waals surface area contributed by atoms with Crippen LogP contribution in [-0.4, -0.2) is 20.1 Å². The van der Waals surface area contributed by atoms with Crippen molar-refractivity contribution >= 4 is 12.9 Å². The zero-order chi connectivity index (χ0) is 10.6. The normalized spacial score (nSPS) is 37.9. The number of hydrogen-bond donors (Lipinski definition) is 0. The maximum absolute atomic E-state index is 12.8. The van der Waals surface area contributed by atoms with Crippen LogP contribution in [0.3, 0.4) is 0 Å². The van der Waals surface area contributed by atoms with E-state index in [1.54, 1.807) is 0 Å². The number of hydrogen-bond acceptors (Lipinski definition) is 2. The molecule has 2 aliphatic rings. The third-order valence-corrected chi connectivity index (χ3v) is 3.87. The molecule has 0 amide bonds. The standard InChI is InChI=1S/C8H11BF3O2.K/c1-14-6(13)7-3-2-4-8(7,5-7)9(10,11)12;/h2-5H2,1H3;/q-1;+1/t7-,8-;/m0./s1. The van der Waals surface area contributed by atoms with Crippen molar-refractivity contribution in [3.05, 3.63) is 0 Å². The maximum atomic E-state index is 12.8. The van der Waals surface area contributed by atoms with Gasteiger partial charge in [0, 0.05) is 5.41 Å². The van der Waals surface area contributed by atoms with Crippen molar-refractivity contribution in [2.24, 2.45) is 5.41 Å². The summed E-state index contributed by atoms with van der Waals surface area (Å²) >= 11 is 0. The van der Waals surface area contributed by atoms with E-state index in [1.807, 2.05) is 0 Å². The second-order valence-corrected chi connectivity index (χ2v) is 4.33. The van der Waals surface area contributed by atoms with E-state index in [-0.39, 0.29) is 64.2 Å². The second-order valence-electron chi connectivity index (χ2n) is 4.33. The van der Waals surface area contributed by atoms with Crippen LogP contribution >= 0.6 is 0 Å². The Balaban J connectivity index is 0.00000112. The van der Waals surface area contributed by atoms with Crippen LogP contribution in [0.1, 0.15) is 25.7 Å². The van der Waals surface area contributed by atoms with Gasteiger partial charge in [-0.1, -0.05) is 19.3 Å². The molecule has 2 fully saturated rings. The Hall–Kier alpha value is 0.961. The number of ether oxygens (including phenoxy) is 1. The zero-order valence-electron chi connectivity index (χ0n) is 8.86. The predicted molar refractivity (Wildman–Crippen MR) is 44.7 cm³/mol. The number of carbonyl (C=O) groups excluding carboxylic acids is 1. The van der Waals surface area contributed by atoms with Gasteiger partial charge in [-0.2, -0.15) is 0 Å². The minimum atomic E-state index is -4.92. The molecule has 15 heavy (non-hydrogen) atoms. The summed E-state index contributed by atoms with van der Waals surface area (Å²) in [5, 5.41) is -1.69. The summed E-state index contributed by atoms with van der Waals surface area (Å²) in [5.74, 6) is -0.672. The first-order chi connectivity index (χ1) is 6.40. The van der Waals surface area contributed by atoms with Gasteiger partial charge < -0.3 is 17.7 Å². The number of esters is 1. The topological polar surface area (TPSA) is 26.3 Å². The average molecular weight is 246 g/mol. The van der Waals surface area contributed by atoms with Crippen molar-refractivity contribution in [2.75, 3.05) is 7.11 Å². The van der Waals surface area contributed by atoms with Gasteiger partial charge in [0.15, 0.2) is 0 Å². The molecule has 2 rings (SSSR count). The first-order valence-electron chi connectivity index (χ1n) is 4.67. The van der Waals surface area contributed by atoms with Crippen LogP contribution in [0.4, 0.5) is 12.9 Å². The van der Waals surface area contributed by atoms with Crippen molar-refractivity contribution in [1.82, 2.24) is 0 Å². The van der Waals surface area contributed by atoms with E-state index in [0.29, 0.717) is 12.8 Å². The van der Waals surface area contributed by atoms with Crippen LogP contribution in [-0.2, 0) is 9.53 Å². The summed E-state index contributed by atoms with van der Waals surface area (Å²) < 4.78 is 42.8. The van der Waals surface area contributed by atoms with Crippen LogP contribution in [0.5, 0.6) is 0 Å². The number of halogens is 3. The van der Waals surface area contributed by atoms with Crippen molar-refractivity contribution < 1.29 is 73.9 Å². The van der Waals surface area contributed by atoms with Crippen LogP contribution in [0.15, 0.2) is 0 Å². The fourth-order valence-electron chi connectivity index (χ4n) is 3.03. The summed E-state index contributed by atoms with van der Waals surface area (Å²) in [7, 11) is 1.15. The minimum absolute atomic E-state index is 0. The smallest absolute Gasteiger partial charge is 0.469 e. The van der Waals surface area contributed by atoms with Gasteiger partial charge in [0.2, 0.25) is 0 Å². The Kier molecular flexibility index (Phi) is 3.75. The molecule has 2 atom stereocenters. The van der Waals surface area contributed by atoms with Crippen molar-refractivity contribution in [1.29, 1.82) is 0 Å². The molecule has 0 N–H and O–H groups in total. The Morgan fingerprint density at radius 1 is 1.33 bits per heavy atom. The molecule has 0 unspecified atom stereocenters. The van der Waals surface area contributed by atoms with Gasteiger partial charge in [0.05, 0.1) is 7.11 Å². The molecule has 0 aliphatic heterocycles. The van der Waals surface area contributed by atoms with E-state index < -0.39 is 23.7 Å². The van der Waals surface area contributed by atoms with E-state index in [2.05, 4.69) is 4.74 Å². The van der Waals surface area contributed by atoms with Gasteiger partial charge in [0.1, 0.15) is 0 Å². The van der Waals surface area contributed by atoms with E-state index in [4.69, 9.17) is 0 Å². The largest absolute Gasteiger partial charge is 1.00 e. The molecule has 7 heteroatoms. The van der Waals surface area contributed by atoms with Gasteiger partial charge in [-0.25, -0.2) is 0 Å². The summed E-state index contributed by atoms with van der Waals surface area (Å²) in [6.07, 6.45) is 0.874. The number of rotatable bonds is 2. The Bertz CT molecular complexity index is 296. The minimum Gasteiger partial charge on any atom is -0.469 e. The first-order valence-corrected chi connectivity index (χ1v) is 4.67. The molecule has 0 heterocycles. The molecule has 2 nitrogen and oxygen atoms in total. The van der Waals surface area contributed by atoms with Gasteiger partial charge in [-0.3, -0.25) is 4.79 Å². The van der Waals surface area contributed by atoms with E-state index >= 15 is 0 Å². The molecule has 0 aromatic carbocycles. The van der Waals surface area contributed by atoms with Gasteiger partial charge in [-0.15, -0.1) is 0 Å². The molecular formula is C8H11BF3KO2. The van der Waals surface area contributed by atoms with E-state index in [0.717, 1.165) is 7.11 Å². The summed E-state index contributed by atoms with van der Waals surface area (Å²) in [5.41, 5.74) is -1.21. The fraction of sp³-hybridized carbons (Fsp3) is 0.875. The molecule has 0 aromatic rings. The van der Waals surface area contributed by atoms with E-state index in [9.17, 15) is 17.7 Å². The van der Waals surface area contributed by atoms with Crippen LogP contribution in [0, 0.1) is 5.41 Å². The van der Waals surface area contributed by atoms with Gasteiger partial charge >= 0.3 is 64.3 Å². The van der Waals surface area contributed by atoms with Gasteiger partial charge in [0.25, 0.3) is 0 Å². The Labute approximate surface area is 129 Å².